The van der Waals surface area contributed by atoms with E-state index < -0.39 is 12.0 Å². The second-order valence-corrected chi connectivity index (χ2v) is 8.65. The van der Waals surface area contributed by atoms with Gasteiger partial charge in [0.2, 0.25) is 5.91 Å². The third kappa shape index (κ3) is 7.97. The molecule has 0 saturated heterocycles. The minimum atomic E-state index is -1.10. The Labute approximate surface area is 216 Å². The molecule has 0 aromatic heterocycles. The van der Waals surface area contributed by atoms with E-state index in [0.29, 0.717) is 30.3 Å². The van der Waals surface area contributed by atoms with Crippen molar-refractivity contribution in [3.8, 4) is 11.5 Å². The average molecular weight is 496 g/mol. The molecule has 0 aliphatic heterocycles. The predicted molar refractivity (Wildman–Crippen MR) is 141 cm³/mol. The number of rotatable bonds is 12. The monoisotopic (exact) mass is 495 g/mol. The van der Waals surface area contributed by atoms with E-state index in [1.807, 2.05) is 91.0 Å². The van der Waals surface area contributed by atoms with Crippen LogP contribution in [0.15, 0.2) is 109 Å². The van der Waals surface area contributed by atoms with Gasteiger partial charge in [0.05, 0.1) is 6.42 Å². The Morgan fingerprint density at radius 2 is 1.16 bits per heavy atom. The molecule has 37 heavy (non-hydrogen) atoms. The lowest BCUT2D eigenvalue weighted by Gasteiger charge is -2.17. The van der Waals surface area contributed by atoms with Crippen molar-refractivity contribution in [2.75, 3.05) is 0 Å². The molecule has 0 spiro atoms. The number of benzene rings is 4. The van der Waals surface area contributed by atoms with Gasteiger partial charge in [-0.2, -0.15) is 0 Å². The number of carboxylic acid groups (broad SMARTS) is 1. The molecular formula is C31H29NO5. The van der Waals surface area contributed by atoms with E-state index in [4.69, 9.17) is 9.47 Å². The van der Waals surface area contributed by atoms with Gasteiger partial charge in [-0.05, 0) is 34.4 Å². The summed E-state index contributed by atoms with van der Waals surface area (Å²) in [6.07, 6.45) is 0.221. The van der Waals surface area contributed by atoms with Crippen molar-refractivity contribution in [3.63, 3.8) is 0 Å². The van der Waals surface area contributed by atoms with Crippen LogP contribution in [0.5, 0.6) is 11.5 Å². The van der Waals surface area contributed by atoms with E-state index in [1.165, 1.54) is 0 Å². The number of carbonyl (C=O) groups excluding carboxylic acids is 1. The fourth-order valence-electron chi connectivity index (χ4n) is 3.84. The second kappa shape index (κ2) is 12.9. The highest BCUT2D eigenvalue weighted by atomic mass is 16.5. The summed E-state index contributed by atoms with van der Waals surface area (Å²) in [7, 11) is 0. The molecule has 6 heteroatoms. The van der Waals surface area contributed by atoms with Gasteiger partial charge in [-0.1, -0.05) is 97.1 Å². The molecule has 6 nitrogen and oxygen atoms in total. The normalized spacial score (nSPS) is 11.4. The first-order chi connectivity index (χ1) is 18.1. The Kier molecular flexibility index (Phi) is 8.92. The third-order valence-electron chi connectivity index (χ3n) is 5.76. The predicted octanol–water partition coefficient (Wildman–Crippen LogP) is 5.20. The highest BCUT2D eigenvalue weighted by Gasteiger charge is 2.21. The van der Waals surface area contributed by atoms with Crippen LogP contribution in [0.3, 0.4) is 0 Å². The molecule has 188 valence electrons. The quantitative estimate of drug-likeness (QED) is 0.282. The van der Waals surface area contributed by atoms with Crippen LogP contribution in [0.25, 0.3) is 0 Å². The Morgan fingerprint density at radius 1 is 0.649 bits per heavy atom. The largest absolute Gasteiger partial charge is 0.485 e. The molecule has 0 aliphatic carbocycles. The molecule has 0 fully saturated rings. The zero-order chi connectivity index (χ0) is 25.9. The van der Waals surface area contributed by atoms with Crippen molar-refractivity contribution in [2.24, 2.45) is 0 Å². The number of hydrogen-bond donors (Lipinski definition) is 2. The van der Waals surface area contributed by atoms with Crippen LogP contribution in [-0.2, 0) is 35.6 Å². The third-order valence-corrected chi connectivity index (χ3v) is 5.76. The zero-order valence-corrected chi connectivity index (χ0v) is 20.4. The first kappa shape index (κ1) is 25.5. The minimum Gasteiger partial charge on any atom is -0.485 e. The summed E-state index contributed by atoms with van der Waals surface area (Å²) in [6, 6.07) is 33.1. The number of ether oxygens (including phenoxy) is 2. The van der Waals surface area contributed by atoms with Gasteiger partial charge in [0, 0.05) is 6.42 Å². The number of hydrogen-bond acceptors (Lipinski definition) is 4. The van der Waals surface area contributed by atoms with Gasteiger partial charge in [-0.25, -0.2) is 4.79 Å². The molecule has 4 rings (SSSR count). The van der Waals surface area contributed by atoms with Crippen LogP contribution < -0.4 is 14.8 Å². The molecule has 0 unspecified atom stereocenters. The minimum absolute atomic E-state index is 0.108. The number of carbonyl (C=O) groups is 2. The molecule has 0 heterocycles. The molecule has 0 saturated carbocycles. The lowest BCUT2D eigenvalue weighted by molar-refractivity contribution is -0.141. The summed E-state index contributed by atoms with van der Waals surface area (Å²) in [5.74, 6) is -0.375. The summed E-state index contributed by atoms with van der Waals surface area (Å²) in [4.78, 5) is 24.4. The van der Waals surface area contributed by atoms with Crippen molar-refractivity contribution in [3.05, 3.63) is 131 Å². The van der Waals surface area contributed by atoms with Gasteiger partial charge in [0.1, 0.15) is 19.3 Å². The van der Waals surface area contributed by atoms with E-state index >= 15 is 0 Å². The summed E-state index contributed by atoms with van der Waals surface area (Å²) >= 11 is 0. The summed E-state index contributed by atoms with van der Waals surface area (Å²) in [5.41, 5.74) is 3.55. The van der Waals surface area contributed by atoms with Gasteiger partial charge in [-0.3, -0.25) is 4.79 Å². The molecule has 4 aromatic rings. The topological polar surface area (TPSA) is 84.9 Å². The van der Waals surface area contributed by atoms with Crippen LogP contribution in [0.2, 0.25) is 0 Å². The fourth-order valence-corrected chi connectivity index (χ4v) is 3.84. The van der Waals surface area contributed by atoms with Gasteiger partial charge in [-0.15, -0.1) is 0 Å². The van der Waals surface area contributed by atoms with Crippen molar-refractivity contribution >= 4 is 11.9 Å². The summed E-state index contributed by atoms with van der Waals surface area (Å²) in [6.45, 7) is 0.706. The van der Waals surface area contributed by atoms with Crippen molar-refractivity contribution in [2.45, 2.75) is 32.1 Å². The Balaban J connectivity index is 1.48. The van der Waals surface area contributed by atoms with E-state index in [9.17, 15) is 14.7 Å². The van der Waals surface area contributed by atoms with Crippen molar-refractivity contribution in [1.82, 2.24) is 5.32 Å². The number of aliphatic carboxylic acids is 1. The SMILES string of the molecule is O=C(Cc1ccccc1)N[C@@H](Cc1ccc(OCc2ccccc2)c(OCc2ccccc2)c1)C(=O)O. The number of nitrogens with one attached hydrogen (secondary N) is 1. The number of carboxylic acids is 1. The molecule has 0 radical (unpaired) electrons. The maximum Gasteiger partial charge on any atom is 0.326 e. The number of amides is 1. The molecular weight excluding hydrogens is 466 g/mol. The summed E-state index contributed by atoms with van der Waals surface area (Å²) < 4.78 is 12.1. The second-order valence-electron chi connectivity index (χ2n) is 8.65. The maximum atomic E-state index is 12.5. The Morgan fingerprint density at radius 3 is 1.70 bits per heavy atom. The van der Waals surface area contributed by atoms with Gasteiger partial charge in [0.15, 0.2) is 11.5 Å². The zero-order valence-electron chi connectivity index (χ0n) is 20.4. The molecule has 4 aromatic carbocycles. The smallest absolute Gasteiger partial charge is 0.326 e. The lowest BCUT2D eigenvalue weighted by atomic mass is 10.0. The Bertz CT molecular complexity index is 1290. The van der Waals surface area contributed by atoms with E-state index in [1.54, 1.807) is 18.2 Å². The highest BCUT2D eigenvalue weighted by molar-refractivity contribution is 5.85. The lowest BCUT2D eigenvalue weighted by Crippen LogP contribution is -2.43. The van der Waals surface area contributed by atoms with Crippen molar-refractivity contribution in [1.29, 1.82) is 0 Å². The van der Waals surface area contributed by atoms with Crippen molar-refractivity contribution < 1.29 is 24.2 Å². The van der Waals surface area contributed by atoms with E-state index in [-0.39, 0.29) is 18.7 Å². The van der Waals surface area contributed by atoms with E-state index in [2.05, 4.69) is 5.32 Å². The van der Waals surface area contributed by atoms with Crippen LogP contribution in [0.1, 0.15) is 22.3 Å². The van der Waals surface area contributed by atoms with Crippen LogP contribution in [0, 0.1) is 0 Å². The summed E-state index contributed by atoms with van der Waals surface area (Å²) in [5, 5.41) is 12.4. The van der Waals surface area contributed by atoms with Crippen LogP contribution >= 0.6 is 0 Å². The van der Waals surface area contributed by atoms with Gasteiger partial charge in [0.25, 0.3) is 0 Å². The van der Waals surface area contributed by atoms with E-state index in [0.717, 1.165) is 16.7 Å². The maximum absolute atomic E-state index is 12.5. The Hall–Kier alpha value is -4.58. The van der Waals surface area contributed by atoms with Crippen LogP contribution in [0.4, 0.5) is 0 Å². The highest BCUT2D eigenvalue weighted by Crippen LogP contribution is 2.30. The standard InChI is InChI=1S/C31H29NO5/c33-30(20-23-10-4-1-5-11-23)32-27(31(34)35)18-26-16-17-28(36-21-24-12-6-2-7-13-24)29(19-26)37-22-25-14-8-3-9-15-25/h1-17,19,27H,18,20-22H2,(H,32,33)(H,34,35)/t27-/m0/s1. The average Bonchev–Trinajstić information content (AvgIpc) is 2.92. The molecule has 2 N–H and O–H groups in total. The molecule has 1 amide bonds. The first-order valence-corrected chi connectivity index (χ1v) is 12.1. The van der Waals surface area contributed by atoms with Gasteiger partial charge >= 0.3 is 5.97 Å². The first-order valence-electron chi connectivity index (χ1n) is 12.1. The fraction of sp³-hybridized carbons (Fsp3) is 0.161. The van der Waals surface area contributed by atoms with Gasteiger partial charge < -0.3 is 19.9 Å². The molecule has 0 aliphatic rings. The molecule has 0 bridgehead atoms. The van der Waals surface area contributed by atoms with Crippen LogP contribution in [-0.4, -0.2) is 23.0 Å². The molecule has 1 atom stereocenters.